The van der Waals surface area contributed by atoms with Gasteiger partial charge < -0.3 is 14.5 Å². The van der Waals surface area contributed by atoms with Crippen molar-refractivity contribution in [3.05, 3.63) is 0 Å². The fourth-order valence-electron chi connectivity index (χ4n) is 5.06. The van der Waals surface area contributed by atoms with Crippen molar-refractivity contribution in [2.75, 3.05) is 39.8 Å². The van der Waals surface area contributed by atoms with Crippen LogP contribution in [0.3, 0.4) is 0 Å². The second kappa shape index (κ2) is 5.79. The zero-order chi connectivity index (χ0) is 16.0. The van der Waals surface area contributed by atoms with E-state index >= 15 is 0 Å². The summed E-state index contributed by atoms with van der Waals surface area (Å²) in [6.07, 6.45) is 4.41. The van der Waals surface area contributed by atoms with Crippen molar-refractivity contribution in [3.8, 4) is 0 Å². The van der Waals surface area contributed by atoms with Crippen LogP contribution in [-0.2, 0) is 9.53 Å². The quantitative estimate of drug-likeness (QED) is 0.747. The number of likely N-dealkylation sites (N-methyl/N-ethyl adjacent to an activating group) is 1. The van der Waals surface area contributed by atoms with Crippen LogP contribution >= 0.6 is 0 Å². The van der Waals surface area contributed by atoms with Gasteiger partial charge in [0.15, 0.2) is 0 Å². The van der Waals surface area contributed by atoms with E-state index in [0.29, 0.717) is 6.42 Å². The fraction of sp³-hybridized carbons (Fsp3) is 0.944. The number of carbonyl (C=O) groups excluding carboxylic acids is 1. The Morgan fingerprint density at radius 2 is 1.86 bits per heavy atom. The number of nitrogens with zero attached hydrogens (tertiary/aromatic N) is 2. The molecule has 2 bridgehead atoms. The standard InChI is InChI=1S/C18H32N2O2/c1-17(2)14-5-7-18(3,13-14)16(17)22-15(21)6-8-20-11-9-19(4)10-12-20/h14,16H,5-13H2,1-4H3/t14-,16-,18+/m0/s1. The molecular formula is C18H32N2O2. The van der Waals surface area contributed by atoms with Gasteiger partial charge in [0.05, 0.1) is 6.42 Å². The molecule has 4 heteroatoms. The minimum absolute atomic E-state index is 0.00535. The van der Waals surface area contributed by atoms with E-state index in [9.17, 15) is 4.79 Å². The van der Waals surface area contributed by atoms with Gasteiger partial charge in [0.1, 0.15) is 6.10 Å². The van der Waals surface area contributed by atoms with Gasteiger partial charge in [-0.05, 0) is 32.2 Å². The van der Waals surface area contributed by atoms with E-state index in [1.54, 1.807) is 0 Å². The molecule has 3 atom stereocenters. The number of hydrogen-bond acceptors (Lipinski definition) is 4. The maximum absolute atomic E-state index is 12.4. The number of fused-ring (bicyclic) bond motifs is 2. The molecule has 3 fully saturated rings. The number of piperazine rings is 1. The molecule has 4 nitrogen and oxygen atoms in total. The Bertz CT molecular complexity index is 424. The lowest BCUT2D eigenvalue weighted by atomic mass is 9.70. The highest BCUT2D eigenvalue weighted by atomic mass is 16.5. The molecule has 0 amide bonds. The van der Waals surface area contributed by atoms with E-state index in [0.717, 1.165) is 38.6 Å². The molecule has 0 aromatic carbocycles. The molecule has 1 aliphatic heterocycles. The van der Waals surface area contributed by atoms with Gasteiger partial charge in [-0.15, -0.1) is 0 Å². The number of hydrogen-bond donors (Lipinski definition) is 0. The van der Waals surface area contributed by atoms with E-state index in [4.69, 9.17) is 4.74 Å². The van der Waals surface area contributed by atoms with Crippen molar-refractivity contribution in [2.45, 2.75) is 52.6 Å². The summed E-state index contributed by atoms with van der Waals surface area (Å²) in [5.41, 5.74) is 0.369. The Balaban J connectivity index is 1.50. The minimum atomic E-state index is 0.00535. The van der Waals surface area contributed by atoms with Gasteiger partial charge in [0.25, 0.3) is 0 Å². The number of ether oxygens (including phenoxy) is 1. The van der Waals surface area contributed by atoms with Crippen molar-refractivity contribution < 1.29 is 9.53 Å². The van der Waals surface area contributed by atoms with E-state index in [2.05, 4.69) is 37.6 Å². The fourth-order valence-corrected chi connectivity index (χ4v) is 5.06. The second-order valence-corrected chi connectivity index (χ2v) is 8.68. The van der Waals surface area contributed by atoms with Gasteiger partial charge in [0, 0.05) is 43.6 Å². The van der Waals surface area contributed by atoms with E-state index < -0.39 is 0 Å². The summed E-state index contributed by atoms with van der Waals surface area (Å²) in [6, 6.07) is 0. The smallest absolute Gasteiger partial charge is 0.307 e. The monoisotopic (exact) mass is 308 g/mol. The lowest BCUT2D eigenvalue weighted by molar-refractivity contribution is -0.165. The molecular weight excluding hydrogens is 276 g/mol. The first-order valence-electron chi connectivity index (χ1n) is 8.92. The van der Waals surface area contributed by atoms with Gasteiger partial charge in [-0.2, -0.15) is 0 Å². The van der Waals surface area contributed by atoms with Gasteiger partial charge in [-0.3, -0.25) is 4.79 Å². The van der Waals surface area contributed by atoms with Crippen LogP contribution in [0.1, 0.15) is 46.5 Å². The third-order valence-electron chi connectivity index (χ3n) is 6.61. The first-order chi connectivity index (χ1) is 10.3. The first-order valence-corrected chi connectivity index (χ1v) is 8.92. The number of carbonyl (C=O) groups is 1. The van der Waals surface area contributed by atoms with Gasteiger partial charge >= 0.3 is 5.97 Å². The molecule has 0 aromatic rings. The summed E-state index contributed by atoms with van der Waals surface area (Å²) in [5.74, 6) is 0.735. The van der Waals surface area contributed by atoms with Crippen molar-refractivity contribution in [1.82, 2.24) is 9.80 Å². The summed E-state index contributed by atoms with van der Waals surface area (Å²) in [4.78, 5) is 17.1. The predicted octanol–water partition coefficient (Wildman–Crippen LogP) is 2.38. The maximum Gasteiger partial charge on any atom is 0.307 e. The van der Waals surface area contributed by atoms with Gasteiger partial charge in [0.2, 0.25) is 0 Å². The Hall–Kier alpha value is -0.610. The van der Waals surface area contributed by atoms with Crippen LogP contribution in [-0.4, -0.2) is 61.6 Å². The summed E-state index contributed by atoms with van der Waals surface area (Å²) in [5, 5.41) is 0. The highest BCUT2D eigenvalue weighted by Crippen LogP contribution is 2.63. The third kappa shape index (κ3) is 2.92. The molecule has 2 saturated carbocycles. The Labute approximate surface area is 135 Å². The number of rotatable bonds is 4. The van der Waals surface area contributed by atoms with Crippen molar-refractivity contribution in [3.63, 3.8) is 0 Å². The van der Waals surface area contributed by atoms with Crippen LogP contribution in [0.4, 0.5) is 0 Å². The van der Waals surface area contributed by atoms with Gasteiger partial charge in [-0.1, -0.05) is 20.8 Å². The Morgan fingerprint density at radius 3 is 2.45 bits per heavy atom. The van der Waals surface area contributed by atoms with Crippen molar-refractivity contribution in [2.24, 2.45) is 16.7 Å². The molecule has 126 valence electrons. The highest BCUT2D eigenvalue weighted by molar-refractivity contribution is 5.70. The van der Waals surface area contributed by atoms with E-state index in [1.165, 1.54) is 19.3 Å². The summed E-state index contributed by atoms with van der Waals surface area (Å²) in [6.45, 7) is 12.1. The summed E-state index contributed by atoms with van der Waals surface area (Å²) < 4.78 is 6.00. The number of esters is 1. The molecule has 3 aliphatic rings. The van der Waals surface area contributed by atoms with Crippen LogP contribution in [0.15, 0.2) is 0 Å². The molecule has 0 spiro atoms. The zero-order valence-electron chi connectivity index (χ0n) is 14.7. The Morgan fingerprint density at radius 1 is 1.18 bits per heavy atom. The summed E-state index contributed by atoms with van der Waals surface area (Å²) >= 11 is 0. The molecule has 3 rings (SSSR count). The highest BCUT2D eigenvalue weighted by Gasteiger charge is 2.61. The van der Waals surface area contributed by atoms with Crippen LogP contribution in [0.25, 0.3) is 0 Å². The molecule has 2 aliphatic carbocycles. The van der Waals surface area contributed by atoms with Gasteiger partial charge in [-0.25, -0.2) is 0 Å². The lowest BCUT2D eigenvalue weighted by Gasteiger charge is -2.41. The van der Waals surface area contributed by atoms with Crippen molar-refractivity contribution >= 4 is 5.97 Å². The minimum Gasteiger partial charge on any atom is -0.461 e. The average Bonchev–Trinajstić information content (AvgIpc) is 2.94. The molecule has 0 N–H and O–H groups in total. The third-order valence-corrected chi connectivity index (χ3v) is 6.61. The van der Waals surface area contributed by atoms with Crippen LogP contribution in [0, 0.1) is 16.7 Å². The SMILES string of the molecule is CN1CCN(CCC(=O)O[C@H]2C(C)(C)[C@H]3CC[C@]2(C)C3)CC1. The topological polar surface area (TPSA) is 32.8 Å². The molecule has 0 aromatic heterocycles. The second-order valence-electron chi connectivity index (χ2n) is 8.68. The summed E-state index contributed by atoms with van der Waals surface area (Å²) in [7, 11) is 2.16. The van der Waals surface area contributed by atoms with Crippen LogP contribution in [0.5, 0.6) is 0 Å². The van der Waals surface area contributed by atoms with Crippen molar-refractivity contribution in [1.29, 1.82) is 0 Å². The Kier molecular flexibility index (Phi) is 4.28. The normalized spacial score (nSPS) is 38.4. The van der Waals surface area contributed by atoms with E-state index in [1.807, 2.05) is 0 Å². The van der Waals surface area contributed by atoms with Crippen LogP contribution < -0.4 is 0 Å². The molecule has 1 heterocycles. The molecule has 22 heavy (non-hydrogen) atoms. The zero-order valence-corrected chi connectivity index (χ0v) is 14.7. The van der Waals surface area contributed by atoms with Crippen LogP contribution in [0.2, 0.25) is 0 Å². The average molecular weight is 308 g/mol. The maximum atomic E-state index is 12.4. The first kappa shape index (κ1) is 16.3. The predicted molar refractivity (Wildman–Crippen MR) is 87.7 cm³/mol. The van der Waals surface area contributed by atoms with E-state index in [-0.39, 0.29) is 22.9 Å². The molecule has 0 radical (unpaired) electrons. The molecule has 0 unspecified atom stereocenters. The molecule has 1 saturated heterocycles. The largest absolute Gasteiger partial charge is 0.461 e. The lowest BCUT2D eigenvalue weighted by Crippen LogP contribution is -2.46.